The summed E-state index contributed by atoms with van der Waals surface area (Å²) in [4.78, 5) is 20.6. The van der Waals surface area contributed by atoms with Gasteiger partial charge in [0.15, 0.2) is 5.96 Å². The van der Waals surface area contributed by atoms with Crippen molar-refractivity contribution in [3.63, 3.8) is 0 Å². The van der Waals surface area contributed by atoms with Gasteiger partial charge in [0.2, 0.25) is 5.91 Å². The lowest BCUT2D eigenvalue weighted by atomic mass is 10.0. The Balaban J connectivity index is 0.00000320. The van der Waals surface area contributed by atoms with E-state index < -0.39 is 0 Å². The molecular formula is C21H36IN5O3. The first-order valence-corrected chi connectivity index (χ1v) is 10.7. The topological polar surface area (TPSA) is 82.3 Å². The van der Waals surface area contributed by atoms with Gasteiger partial charge in [0, 0.05) is 59.3 Å². The van der Waals surface area contributed by atoms with Crippen LogP contribution in [0.3, 0.4) is 0 Å². The minimum atomic E-state index is -0.00858. The second-order valence-electron chi connectivity index (χ2n) is 8.16. The van der Waals surface area contributed by atoms with E-state index in [2.05, 4.69) is 20.5 Å². The second kappa shape index (κ2) is 13.2. The van der Waals surface area contributed by atoms with Gasteiger partial charge in [-0.25, -0.2) is 4.99 Å². The molecule has 9 heteroatoms. The molecule has 2 saturated heterocycles. The van der Waals surface area contributed by atoms with Crippen LogP contribution in [0.1, 0.15) is 25.0 Å². The van der Waals surface area contributed by atoms with Gasteiger partial charge in [-0.1, -0.05) is 0 Å². The fraction of sp³-hybridized carbons (Fsp3) is 0.714. The first-order valence-electron chi connectivity index (χ1n) is 10.7. The Kier molecular flexibility index (Phi) is 10.9. The highest BCUT2D eigenvalue weighted by atomic mass is 127. The number of ether oxygens (including phenoxy) is 1. The first kappa shape index (κ1) is 24.9. The lowest BCUT2D eigenvalue weighted by molar-refractivity contribution is -0.127. The van der Waals surface area contributed by atoms with Crippen molar-refractivity contribution in [1.82, 2.24) is 20.4 Å². The quantitative estimate of drug-likeness (QED) is 0.300. The molecule has 0 bridgehead atoms. The number of carbonyl (C=O) groups excluding carboxylic acids is 1. The van der Waals surface area contributed by atoms with E-state index in [1.807, 2.05) is 12.1 Å². The fourth-order valence-electron chi connectivity index (χ4n) is 3.75. The molecule has 0 spiro atoms. The first-order chi connectivity index (χ1) is 14.1. The number of halogens is 1. The highest BCUT2D eigenvalue weighted by Crippen LogP contribution is 2.17. The number of furan rings is 1. The van der Waals surface area contributed by atoms with Crippen molar-refractivity contribution in [2.24, 2.45) is 10.9 Å². The molecular weight excluding hydrogens is 497 g/mol. The molecule has 30 heavy (non-hydrogen) atoms. The third-order valence-electron chi connectivity index (χ3n) is 5.58. The molecule has 1 aromatic heterocycles. The Morgan fingerprint density at radius 2 is 2.10 bits per heavy atom. The molecule has 3 heterocycles. The van der Waals surface area contributed by atoms with E-state index in [0.29, 0.717) is 24.5 Å². The van der Waals surface area contributed by atoms with E-state index in [0.717, 1.165) is 57.9 Å². The van der Waals surface area contributed by atoms with Gasteiger partial charge in [-0.15, -0.1) is 24.0 Å². The van der Waals surface area contributed by atoms with Gasteiger partial charge in [0.05, 0.1) is 12.9 Å². The fourth-order valence-corrected chi connectivity index (χ4v) is 3.75. The Morgan fingerprint density at radius 3 is 2.73 bits per heavy atom. The van der Waals surface area contributed by atoms with E-state index in [1.54, 1.807) is 25.3 Å². The molecule has 0 radical (unpaired) electrons. The summed E-state index contributed by atoms with van der Waals surface area (Å²) in [6, 6.07) is 4.23. The predicted molar refractivity (Wildman–Crippen MR) is 128 cm³/mol. The number of guanidine groups is 1. The van der Waals surface area contributed by atoms with Crippen LogP contribution in [0.5, 0.6) is 0 Å². The summed E-state index contributed by atoms with van der Waals surface area (Å²) in [5.41, 5.74) is 0. The smallest absolute Gasteiger partial charge is 0.243 e. The SMILES string of the molecule is CN(C)C(=O)CN=C(NCCc1ccco1)NC1CCN(CC2CCOC2)CC1.I. The number of amides is 1. The Hall–Kier alpha value is -1.33. The highest BCUT2D eigenvalue weighted by Gasteiger charge is 2.24. The van der Waals surface area contributed by atoms with E-state index in [1.165, 1.54) is 6.42 Å². The van der Waals surface area contributed by atoms with Crippen molar-refractivity contribution in [1.29, 1.82) is 0 Å². The van der Waals surface area contributed by atoms with Crippen molar-refractivity contribution >= 4 is 35.8 Å². The second-order valence-corrected chi connectivity index (χ2v) is 8.16. The summed E-state index contributed by atoms with van der Waals surface area (Å²) in [6.07, 6.45) is 5.80. The van der Waals surface area contributed by atoms with Gasteiger partial charge in [0.25, 0.3) is 0 Å². The van der Waals surface area contributed by atoms with E-state index in [4.69, 9.17) is 9.15 Å². The zero-order valence-corrected chi connectivity index (χ0v) is 20.5. The van der Waals surface area contributed by atoms with Crippen molar-refractivity contribution in [3.05, 3.63) is 24.2 Å². The molecule has 2 N–H and O–H groups in total. The number of likely N-dealkylation sites (tertiary alicyclic amines) is 1. The number of nitrogens with one attached hydrogen (secondary N) is 2. The predicted octanol–water partition coefficient (Wildman–Crippen LogP) is 1.56. The number of aliphatic imine (C=N–C) groups is 1. The van der Waals surface area contributed by atoms with Crippen LogP contribution in [0.2, 0.25) is 0 Å². The van der Waals surface area contributed by atoms with Gasteiger partial charge in [-0.3, -0.25) is 4.79 Å². The summed E-state index contributed by atoms with van der Waals surface area (Å²) in [5, 5.41) is 6.88. The molecule has 1 atom stereocenters. The maximum absolute atomic E-state index is 11.9. The monoisotopic (exact) mass is 533 g/mol. The Labute approximate surface area is 196 Å². The Morgan fingerprint density at radius 1 is 1.30 bits per heavy atom. The summed E-state index contributed by atoms with van der Waals surface area (Å²) < 4.78 is 10.9. The minimum absolute atomic E-state index is 0. The maximum Gasteiger partial charge on any atom is 0.243 e. The van der Waals surface area contributed by atoms with Gasteiger partial charge in [-0.2, -0.15) is 0 Å². The zero-order valence-electron chi connectivity index (χ0n) is 18.1. The molecule has 2 aliphatic heterocycles. The van der Waals surface area contributed by atoms with Crippen LogP contribution < -0.4 is 10.6 Å². The van der Waals surface area contributed by atoms with Crippen molar-refractivity contribution in [3.8, 4) is 0 Å². The van der Waals surface area contributed by atoms with Gasteiger partial charge < -0.3 is 29.6 Å². The average molecular weight is 533 g/mol. The summed E-state index contributed by atoms with van der Waals surface area (Å²) in [7, 11) is 3.50. The van der Waals surface area contributed by atoms with Crippen LogP contribution in [0.4, 0.5) is 0 Å². The number of likely N-dealkylation sites (N-methyl/N-ethyl adjacent to an activating group) is 1. The molecule has 1 amide bonds. The highest BCUT2D eigenvalue weighted by molar-refractivity contribution is 14.0. The normalized spacial score (nSPS) is 20.6. The molecule has 0 saturated carbocycles. The molecule has 0 aliphatic carbocycles. The van der Waals surface area contributed by atoms with Crippen LogP contribution in [0.25, 0.3) is 0 Å². The van der Waals surface area contributed by atoms with Crippen LogP contribution in [0.15, 0.2) is 27.8 Å². The van der Waals surface area contributed by atoms with Crippen LogP contribution in [-0.2, 0) is 16.0 Å². The van der Waals surface area contributed by atoms with Crippen molar-refractivity contribution in [2.45, 2.75) is 31.7 Å². The molecule has 1 aromatic rings. The molecule has 170 valence electrons. The van der Waals surface area contributed by atoms with Gasteiger partial charge in [0.1, 0.15) is 12.3 Å². The summed E-state index contributed by atoms with van der Waals surface area (Å²) in [6.45, 7) is 5.99. The van der Waals surface area contributed by atoms with Crippen LogP contribution in [-0.4, -0.2) is 87.7 Å². The van der Waals surface area contributed by atoms with Crippen LogP contribution in [0, 0.1) is 5.92 Å². The molecule has 3 rings (SSSR count). The van der Waals surface area contributed by atoms with Gasteiger partial charge >= 0.3 is 0 Å². The molecule has 0 aromatic carbocycles. The van der Waals surface area contributed by atoms with Crippen molar-refractivity contribution < 1.29 is 13.9 Å². The summed E-state index contributed by atoms with van der Waals surface area (Å²) >= 11 is 0. The molecule has 2 fully saturated rings. The summed E-state index contributed by atoms with van der Waals surface area (Å²) in [5.74, 6) is 2.32. The zero-order chi connectivity index (χ0) is 20.5. The van der Waals surface area contributed by atoms with E-state index in [9.17, 15) is 4.79 Å². The standard InChI is InChI=1S/C21H35N5O3.HI/c1-25(2)20(27)14-23-21(22-9-5-19-4-3-12-29-19)24-18-6-10-26(11-7-18)15-17-8-13-28-16-17;/h3-4,12,17-18H,5-11,13-16H2,1-2H3,(H2,22,23,24);1H. The lowest BCUT2D eigenvalue weighted by Gasteiger charge is -2.34. The molecule has 2 aliphatic rings. The molecule has 1 unspecified atom stereocenters. The number of hydrogen-bond donors (Lipinski definition) is 2. The lowest BCUT2D eigenvalue weighted by Crippen LogP contribution is -2.50. The Bertz CT molecular complexity index is 639. The number of nitrogens with zero attached hydrogens (tertiary/aromatic N) is 3. The number of piperidine rings is 1. The van der Waals surface area contributed by atoms with Gasteiger partial charge in [-0.05, 0) is 37.3 Å². The molecule has 8 nitrogen and oxygen atoms in total. The third kappa shape index (κ3) is 8.43. The number of hydrogen-bond acceptors (Lipinski definition) is 5. The average Bonchev–Trinajstić information content (AvgIpc) is 3.41. The minimum Gasteiger partial charge on any atom is -0.469 e. The largest absolute Gasteiger partial charge is 0.469 e. The number of carbonyl (C=O) groups is 1. The maximum atomic E-state index is 11.9. The third-order valence-corrected chi connectivity index (χ3v) is 5.58. The van der Waals surface area contributed by atoms with Crippen LogP contribution >= 0.6 is 24.0 Å². The van der Waals surface area contributed by atoms with E-state index in [-0.39, 0.29) is 36.4 Å². The van der Waals surface area contributed by atoms with Crippen molar-refractivity contribution in [2.75, 3.05) is 60.0 Å². The number of rotatable bonds is 8. The van der Waals surface area contributed by atoms with E-state index >= 15 is 0 Å².